The number of rotatable bonds is 19. The van der Waals surface area contributed by atoms with Crippen LogP contribution in [-0.4, -0.2) is 94.5 Å². The van der Waals surface area contributed by atoms with Gasteiger partial charge in [0.15, 0.2) is 5.96 Å². The molecule has 0 aliphatic rings. The lowest BCUT2D eigenvalue weighted by Gasteiger charge is -2.25. The number of amides is 3. The fraction of sp³-hybridized carbons (Fsp3) is 0.519. The number of hydrogen-bond acceptors (Lipinski definition) is 8. The Kier molecular flexibility index (Phi) is 15.1. The molecule has 3 amide bonds. The molecular formula is C27H42N8O5S2. The molecule has 42 heavy (non-hydrogen) atoms. The number of carboxylic acid groups (broad SMARTS) is 1. The number of nitrogens with zero attached hydrogens (tertiary/aromatic N) is 1. The van der Waals surface area contributed by atoms with Gasteiger partial charge in [-0.05, 0) is 61.3 Å². The molecule has 232 valence electrons. The second-order valence-electron chi connectivity index (χ2n) is 9.70. The average Bonchev–Trinajstić information content (AvgIpc) is 3.37. The van der Waals surface area contributed by atoms with Crippen molar-refractivity contribution >= 4 is 64.1 Å². The number of H-pyrrole nitrogens is 1. The first-order chi connectivity index (χ1) is 20.1. The van der Waals surface area contributed by atoms with Crippen molar-refractivity contribution in [3.8, 4) is 0 Å². The lowest BCUT2D eigenvalue weighted by Crippen LogP contribution is -2.57. The average molecular weight is 623 g/mol. The van der Waals surface area contributed by atoms with E-state index < -0.39 is 47.9 Å². The van der Waals surface area contributed by atoms with E-state index in [-0.39, 0.29) is 31.8 Å². The molecule has 0 radical (unpaired) electrons. The third kappa shape index (κ3) is 11.4. The van der Waals surface area contributed by atoms with Gasteiger partial charge in [0, 0.05) is 30.1 Å². The van der Waals surface area contributed by atoms with Crippen LogP contribution in [0.3, 0.4) is 0 Å². The first kappa shape index (κ1) is 34.8. The Bertz CT molecular complexity index is 1220. The lowest BCUT2D eigenvalue weighted by atomic mass is 10.0. The molecule has 15 heteroatoms. The first-order valence-corrected chi connectivity index (χ1v) is 16.3. The van der Waals surface area contributed by atoms with Gasteiger partial charge in [-0.2, -0.15) is 23.5 Å². The Morgan fingerprint density at radius 3 is 2.19 bits per heavy atom. The second kappa shape index (κ2) is 18.2. The quantitative estimate of drug-likeness (QED) is 0.0600. The zero-order chi connectivity index (χ0) is 31.1. The fourth-order valence-electron chi connectivity index (χ4n) is 4.19. The Morgan fingerprint density at radius 1 is 0.905 bits per heavy atom. The minimum Gasteiger partial charge on any atom is -0.480 e. The molecule has 4 unspecified atom stereocenters. The van der Waals surface area contributed by atoms with E-state index in [1.165, 1.54) is 11.8 Å². The van der Waals surface area contributed by atoms with Gasteiger partial charge in [0.1, 0.15) is 18.1 Å². The molecule has 0 bridgehead atoms. The summed E-state index contributed by atoms with van der Waals surface area (Å²) in [5.41, 5.74) is 18.4. The Morgan fingerprint density at radius 2 is 1.52 bits per heavy atom. The minimum absolute atomic E-state index is 0.0817. The van der Waals surface area contributed by atoms with E-state index in [2.05, 4.69) is 25.9 Å². The number of benzene rings is 1. The standard InChI is InChI=1S/C27H42N8O5S2/c1-41-12-9-18(28)23(36)33-20(8-5-11-31-27(29)30)24(37)35-22(25(38)34-21(26(39)40)10-13-42-2)14-16-15-32-19-7-4-3-6-17(16)19/h3-4,6-7,15,18,20-22,32H,5,8-14,28H2,1-2H3,(H,33,36)(H,34,38)(H,35,37)(H,39,40)(H4,29,30,31). The van der Waals surface area contributed by atoms with Crippen molar-refractivity contribution in [3.05, 3.63) is 36.0 Å². The third-order valence-corrected chi connectivity index (χ3v) is 7.79. The van der Waals surface area contributed by atoms with E-state index in [1.54, 1.807) is 18.0 Å². The summed E-state index contributed by atoms with van der Waals surface area (Å²) in [7, 11) is 0. The number of fused-ring (bicyclic) bond motifs is 1. The zero-order valence-electron chi connectivity index (χ0n) is 23.9. The summed E-state index contributed by atoms with van der Waals surface area (Å²) in [5.74, 6) is -1.82. The van der Waals surface area contributed by atoms with Crippen LogP contribution < -0.4 is 33.2 Å². The van der Waals surface area contributed by atoms with E-state index in [0.29, 0.717) is 24.3 Å². The van der Waals surface area contributed by atoms with E-state index in [9.17, 15) is 24.3 Å². The fourth-order valence-corrected chi connectivity index (χ4v) is 5.16. The summed E-state index contributed by atoms with van der Waals surface area (Å²) in [4.78, 5) is 58.8. The van der Waals surface area contributed by atoms with Crippen LogP contribution in [0, 0.1) is 0 Å². The van der Waals surface area contributed by atoms with Crippen molar-refractivity contribution in [2.45, 2.75) is 56.3 Å². The summed E-state index contributed by atoms with van der Waals surface area (Å²) in [6.45, 7) is 0.232. The number of carboxylic acids is 1. The number of carbonyl (C=O) groups is 4. The second-order valence-corrected chi connectivity index (χ2v) is 11.7. The number of aromatic nitrogens is 1. The molecule has 13 nitrogen and oxygen atoms in total. The molecule has 0 spiro atoms. The molecule has 1 aromatic carbocycles. The molecule has 2 aromatic rings. The molecule has 1 heterocycles. The van der Waals surface area contributed by atoms with Crippen molar-refractivity contribution in [1.29, 1.82) is 0 Å². The van der Waals surface area contributed by atoms with Crippen molar-refractivity contribution in [2.24, 2.45) is 22.2 Å². The van der Waals surface area contributed by atoms with Gasteiger partial charge in [0.05, 0.1) is 6.04 Å². The molecule has 0 aliphatic heterocycles. The van der Waals surface area contributed by atoms with E-state index in [0.717, 1.165) is 16.5 Å². The Labute approximate surface area is 254 Å². The number of aliphatic imine (C=N–C) groups is 1. The number of aromatic amines is 1. The highest BCUT2D eigenvalue weighted by Gasteiger charge is 2.31. The summed E-state index contributed by atoms with van der Waals surface area (Å²) >= 11 is 3.01. The number of guanidine groups is 1. The van der Waals surface area contributed by atoms with E-state index in [1.807, 2.05) is 36.8 Å². The largest absolute Gasteiger partial charge is 0.480 e. The number of aliphatic carboxylic acids is 1. The van der Waals surface area contributed by atoms with Gasteiger partial charge in [0.2, 0.25) is 17.7 Å². The van der Waals surface area contributed by atoms with Crippen molar-refractivity contribution in [1.82, 2.24) is 20.9 Å². The maximum Gasteiger partial charge on any atom is 0.326 e. The Balaban J connectivity index is 2.31. The molecular weight excluding hydrogens is 580 g/mol. The summed E-state index contributed by atoms with van der Waals surface area (Å²) in [5, 5.41) is 18.6. The molecule has 2 rings (SSSR count). The number of carbonyl (C=O) groups excluding carboxylic acids is 3. The van der Waals surface area contributed by atoms with Crippen LogP contribution in [0.5, 0.6) is 0 Å². The number of nitrogens with one attached hydrogen (secondary N) is 4. The van der Waals surface area contributed by atoms with Gasteiger partial charge in [-0.1, -0.05) is 18.2 Å². The molecule has 11 N–H and O–H groups in total. The van der Waals surface area contributed by atoms with Crippen LogP contribution in [0.2, 0.25) is 0 Å². The molecule has 0 saturated heterocycles. The number of thioether (sulfide) groups is 2. The van der Waals surface area contributed by atoms with Gasteiger partial charge in [-0.25, -0.2) is 4.79 Å². The highest BCUT2D eigenvalue weighted by Crippen LogP contribution is 2.19. The highest BCUT2D eigenvalue weighted by molar-refractivity contribution is 7.98. The summed E-state index contributed by atoms with van der Waals surface area (Å²) < 4.78 is 0. The Hall–Kier alpha value is -3.43. The number of nitrogens with two attached hydrogens (primary N) is 3. The normalized spacial score (nSPS) is 13.9. The SMILES string of the molecule is CSCCC(N)C(=O)NC(CCCN=C(N)N)C(=O)NC(Cc1c[nH]c2ccccc12)C(=O)NC(CCSC)C(=O)O. The predicted octanol–water partition coefficient (Wildman–Crippen LogP) is 0.137. The van der Waals surface area contributed by atoms with Gasteiger partial charge in [0.25, 0.3) is 0 Å². The van der Waals surface area contributed by atoms with Crippen LogP contribution in [0.25, 0.3) is 10.9 Å². The number of para-hydroxylation sites is 1. The zero-order valence-corrected chi connectivity index (χ0v) is 25.6. The molecule has 4 atom stereocenters. The van der Waals surface area contributed by atoms with Crippen LogP contribution >= 0.6 is 23.5 Å². The predicted molar refractivity (Wildman–Crippen MR) is 169 cm³/mol. The lowest BCUT2D eigenvalue weighted by molar-refractivity contribution is -0.142. The number of hydrogen-bond donors (Lipinski definition) is 8. The molecule has 1 aromatic heterocycles. The van der Waals surface area contributed by atoms with Gasteiger partial charge in [-0.3, -0.25) is 19.4 Å². The summed E-state index contributed by atoms with van der Waals surface area (Å²) in [6, 6.07) is 3.40. The first-order valence-electron chi connectivity index (χ1n) is 13.5. The van der Waals surface area contributed by atoms with Gasteiger partial charge >= 0.3 is 5.97 Å². The van der Waals surface area contributed by atoms with Gasteiger partial charge in [-0.15, -0.1) is 0 Å². The van der Waals surface area contributed by atoms with E-state index >= 15 is 0 Å². The molecule has 0 fully saturated rings. The van der Waals surface area contributed by atoms with Crippen LogP contribution in [0.15, 0.2) is 35.5 Å². The van der Waals surface area contributed by atoms with Crippen molar-refractivity contribution < 1.29 is 24.3 Å². The molecule has 0 aliphatic carbocycles. The third-order valence-electron chi connectivity index (χ3n) is 6.51. The smallest absolute Gasteiger partial charge is 0.326 e. The van der Waals surface area contributed by atoms with Crippen LogP contribution in [-0.2, 0) is 25.6 Å². The van der Waals surface area contributed by atoms with Crippen molar-refractivity contribution in [2.75, 3.05) is 30.6 Å². The van der Waals surface area contributed by atoms with E-state index in [4.69, 9.17) is 17.2 Å². The van der Waals surface area contributed by atoms with Crippen LogP contribution in [0.1, 0.15) is 31.2 Å². The minimum atomic E-state index is -1.17. The maximum absolute atomic E-state index is 13.6. The van der Waals surface area contributed by atoms with Gasteiger partial charge < -0.3 is 43.2 Å². The maximum atomic E-state index is 13.6. The molecule has 0 saturated carbocycles. The van der Waals surface area contributed by atoms with Crippen LogP contribution in [0.4, 0.5) is 0 Å². The van der Waals surface area contributed by atoms with Crippen molar-refractivity contribution in [3.63, 3.8) is 0 Å². The topological polar surface area (TPSA) is 231 Å². The monoisotopic (exact) mass is 622 g/mol. The highest BCUT2D eigenvalue weighted by atomic mass is 32.2. The summed E-state index contributed by atoms with van der Waals surface area (Å²) in [6.07, 6.45) is 6.76.